The standard InChI is InChI=1S/C9H16N4O2S/c1-3-15-5-4-12-8(14)6-7(10)13-9(11-2)16-6/h3-5,10H2,1-2H3,(H,11,13)(H,12,14). The highest BCUT2D eigenvalue weighted by Crippen LogP contribution is 2.23. The molecule has 0 aliphatic rings. The van der Waals surface area contributed by atoms with Gasteiger partial charge in [0.05, 0.1) is 6.61 Å². The molecule has 0 aliphatic carbocycles. The number of hydrogen-bond donors (Lipinski definition) is 3. The molecule has 90 valence electrons. The third-order valence-electron chi connectivity index (χ3n) is 1.81. The molecule has 6 nitrogen and oxygen atoms in total. The number of ether oxygens (including phenoxy) is 1. The summed E-state index contributed by atoms with van der Waals surface area (Å²) in [6.07, 6.45) is 0. The van der Waals surface area contributed by atoms with Gasteiger partial charge in [-0.25, -0.2) is 4.98 Å². The van der Waals surface area contributed by atoms with Crippen molar-refractivity contribution in [3.05, 3.63) is 4.88 Å². The Balaban J connectivity index is 2.49. The summed E-state index contributed by atoms with van der Waals surface area (Å²) in [4.78, 5) is 16.1. The molecule has 0 saturated heterocycles. The fourth-order valence-electron chi connectivity index (χ4n) is 1.06. The second-order valence-electron chi connectivity index (χ2n) is 2.94. The fraction of sp³-hybridized carbons (Fsp3) is 0.556. The Morgan fingerprint density at radius 1 is 1.62 bits per heavy atom. The molecule has 7 heteroatoms. The molecular formula is C9H16N4O2S. The maximum atomic E-state index is 11.7. The number of carbonyl (C=O) groups excluding carboxylic acids is 1. The van der Waals surface area contributed by atoms with Gasteiger partial charge in [-0.2, -0.15) is 0 Å². The minimum Gasteiger partial charge on any atom is -0.382 e. The molecule has 16 heavy (non-hydrogen) atoms. The van der Waals surface area contributed by atoms with Gasteiger partial charge in [0.25, 0.3) is 5.91 Å². The largest absolute Gasteiger partial charge is 0.382 e. The second-order valence-corrected chi connectivity index (χ2v) is 3.94. The molecule has 0 saturated carbocycles. The number of aromatic nitrogens is 1. The van der Waals surface area contributed by atoms with E-state index in [2.05, 4.69) is 15.6 Å². The number of thiazole rings is 1. The summed E-state index contributed by atoms with van der Waals surface area (Å²) in [7, 11) is 1.73. The lowest BCUT2D eigenvalue weighted by atomic mass is 10.4. The van der Waals surface area contributed by atoms with Crippen molar-refractivity contribution in [1.82, 2.24) is 10.3 Å². The Morgan fingerprint density at radius 2 is 2.38 bits per heavy atom. The van der Waals surface area contributed by atoms with Crippen molar-refractivity contribution in [1.29, 1.82) is 0 Å². The molecule has 0 fully saturated rings. The molecule has 0 atom stereocenters. The fourth-order valence-corrected chi connectivity index (χ4v) is 1.82. The number of hydrogen-bond acceptors (Lipinski definition) is 6. The quantitative estimate of drug-likeness (QED) is 0.635. The summed E-state index contributed by atoms with van der Waals surface area (Å²) in [6.45, 7) is 3.52. The number of carbonyl (C=O) groups is 1. The van der Waals surface area contributed by atoms with Crippen molar-refractivity contribution in [2.24, 2.45) is 0 Å². The highest BCUT2D eigenvalue weighted by molar-refractivity contribution is 7.18. The first-order chi connectivity index (χ1) is 7.69. The highest BCUT2D eigenvalue weighted by Gasteiger charge is 2.14. The molecule has 0 radical (unpaired) electrons. The van der Waals surface area contributed by atoms with Gasteiger partial charge >= 0.3 is 0 Å². The van der Waals surface area contributed by atoms with Crippen LogP contribution in [0.5, 0.6) is 0 Å². The lowest BCUT2D eigenvalue weighted by Gasteiger charge is -2.03. The van der Waals surface area contributed by atoms with Gasteiger partial charge in [-0.3, -0.25) is 4.79 Å². The lowest BCUT2D eigenvalue weighted by Crippen LogP contribution is -2.27. The average molecular weight is 244 g/mol. The van der Waals surface area contributed by atoms with Crippen LogP contribution in [0.3, 0.4) is 0 Å². The molecule has 0 bridgehead atoms. The van der Waals surface area contributed by atoms with Crippen LogP contribution in [0.4, 0.5) is 10.9 Å². The topological polar surface area (TPSA) is 89.3 Å². The number of nitrogen functional groups attached to an aromatic ring is 1. The second kappa shape index (κ2) is 6.29. The first-order valence-corrected chi connectivity index (χ1v) is 5.80. The molecule has 1 heterocycles. The monoisotopic (exact) mass is 244 g/mol. The zero-order valence-electron chi connectivity index (χ0n) is 9.37. The van der Waals surface area contributed by atoms with Crippen molar-refractivity contribution >= 4 is 28.2 Å². The van der Waals surface area contributed by atoms with Crippen LogP contribution in [-0.4, -0.2) is 37.7 Å². The van der Waals surface area contributed by atoms with E-state index in [1.54, 1.807) is 7.05 Å². The molecule has 0 unspecified atom stereocenters. The Labute approximate surface area is 98.2 Å². The summed E-state index contributed by atoms with van der Waals surface area (Å²) in [5, 5.41) is 6.18. The number of nitrogens with two attached hydrogens (primary N) is 1. The number of anilines is 2. The van der Waals surface area contributed by atoms with E-state index in [1.165, 1.54) is 11.3 Å². The lowest BCUT2D eigenvalue weighted by molar-refractivity contribution is 0.0927. The molecule has 0 spiro atoms. The summed E-state index contributed by atoms with van der Waals surface area (Å²) < 4.78 is 5.11. The first-order valence-electron chi connectivity index (χ1n) is 4.99. The molecule has 0 aliphatic heterocycles. The molecule has 1 aromatic rings. The Morgan fingerprint density at radius 3 is 2.94 bits per heavy atom. The van der Waals surface area contributed by atoms with Gasteiger partial charge in [-0.1, -0.05) is 11.3 Å². The SMILES string of the molecule is CCOCCNC(=O)c1sc(NC)nc1N. The van der Waals surface area contributed by atoms with Gasteiger partial charge in [0.2, 0.25) is 0 Å². The van der Waals surface area contributed by atoms with Crippen LogP contribution < -0.4 is 16.4 Å². The van der Waals surface area contributed by atoms with E-state index in [9.17, 15) is 4.79 Å². The van der Waals surface area contributed by atoms with Crippen molar-refractivity contribution in [2.45, 2.75) is 6.92 Å². The molecule has 1 aromatic heterocycles. The van der Waals surface area contributed by atoms with Gasteiger partial charge in [0.1, 0.15) is 10.7 Å². The van der Waals surface area contributed by atoms with Crippen LogP contribution in [0.25, 0.3) is 0 Å². The number of rotatable bonds is 6. The average Bonchev–Trinajstić information content (AvgIpc) is 2.66. The van der Waals surface area contributed by atoms with Crippen LogP contribution in [0.1, 0.15) is 16.6 Å². The molecule has 0 aromatic carbocycles. The Hall–Kier alpha value is -1.34. The third-order valence-corrected chi connectivity index (χ3v) is 2.90. The summed E-state index contributed by atoms with van der Waals surface area (Å²) in [6, 6.07) is 0. The number of amides is 1. The summed E-state index contributed by atoms with van der Waals surface area (Å²) >= 11 is 1.23. The van der Waals surface area contributed by atoms with Crippen LogP contribution in [-0.2, 0) is 4.74 Å². The van der Waals surface area contributed by atoms with Crippen molar-refractivity contribution in [2.75, 3.05) is 37.9 Å². The smallest absolute Gasteiger partial charge is 0.265 e. The van der Waals surface area contributed by atoms with Gasteiger partial charge in [-0.15, -0.1) is 0 Å². The molecule has 4 N–H and O–H groups in total. The summed E-state index contributed by atoms with van der Waals surface area (Å²) in [5.74, 6) is 0.0412. The van der Waals surface area contributed by atoms with Crippen molar-refractivity contribution < 1.29 is 9.53 Å². The highest BCUT2D eigenvalue weighted by atomic mass is 32.1. The minimum atomic E-state index is -0.212. The summed E-state index contributed by atoms with van der Waals surface area (Å²) in [5.41, 5.74) is 5.62. The van der Waals surface area contributed by atoms with E-state index in [1.807, 2.05) is 6.92 Å². The van der Waals surface area contributed by atoms with E-state index in [0.29, 0.717) is 29.8 Å². The molecular weight excluding hydrogens is 228 g/mol. The number of nitrogens with zero attached hydrogens (tertiary/aromatic N) is 1. The van der Waals surface area contributed by atoms with Crippen LogP contribution >= 0.6 is 11.3 Å². The Kier molecular flexibility index (Phi) is 5.00. The minimum absolute atomic E-state index is 0.212. The van der Waals surface area contributed by atoms with Crippen molar-refractivity contribution in [3.63, 3.8) is 0 Å². The van der Waals surface area contributed by atoms with E-state index < -0.39 is 0 Å². The van der Waals surface area contributed by atoms with Crippen LogP contribution in [0, 0.1) is 0 Å². The number of nitrogens with one attached hydrogen (secondary N) is 2. The molecule has 1 rings (SSSR count). The third kappa shape index (κ3) is 3.35. The predicted octanol–water partition coefficient (Wildman–Crippen LogP) is 0.533. The first kappa shape index (κ1) is 12.7. The molecule has 1 amide bonds. The predicted molar refractivity (Wildman–Crippen MR) is 64.9 cm³/mol. The maximum absolute atomic E-state index is 11.7. The van der Waals surface area contributed by atoms with Crippen molar-refractivity contribution in [3.8, 4) is 0 Å². The van der Waals surface area contributed by atoms with Gasteiger partial charge < -0.3 is 21.1 Å². The van der Waals surface area contributed by atoms with E-state index in [4.69, 9.17) is 10.5 Å². The van der Waals surface area contributed by atoms with Gasteiger partial charge in [-0.05, 0) is 6.92 Å². The normalized spacial score (nSPS) is 10.1. The zero-order chi connectivity index (χ0) is 12.0. The van der Waals surface area contributed by atoms with Crippen LogP contribution in [0.15, 0.2) is 0 Å². The van der Waals surface area contributed by atoms with E-state index in [-0.39, 0.29) is 11.7 Å². The maximum Gasteiger partial charge on any atom is 0.265 e. The van der Waals surface area contributed by atoms with Crippen LogP contribution in [0.2, 0.25) is 0 Å². The zero-order valence-corrected chi connectivity index (χ0v) is 10.2. The Bertz CT molecular complexity index is 353. The van der Waals surface area contributed by atoms with E-state index in [0.717, 1.165) is 0 Å². The van der Waals surface area contributed by atoms with E-state index >= 15 is 0 Å². The van der Waals surface area contributed by atoms with Gasteiger partial charge in [0, 0.05) is 20.2 Å². The van der Waals surface area contributed by atoms with Gasteiger partial charge in [0.15, 0.2) is 5.13 Å².